The van der Waals surface area contributed by atoms with Gasteiger partial charge in [-0.05, 0) is 30.4 Å². The molecule has 2 rings (SSSR count). The van der Waals surface area contributed by atoms with Crippen LogP contribution < -0.4 is 15.2 Å². The van der Waals surface area contributed by atoms with Gasteiger partial charge in [-0.2, -0.15) is 0 Å². The van der Waals surface area contributed by atoms with Gasteiger partial charge >= 0.3 is 0 Å². The van der Waals surface area contributed by atoms with Crippen LogP contribution in [0.1, 0.15) is 63.0 Å². The normalized spacial score (nSPS) is 17.8. The average Bonchev–Trinajstić information content (AvgIpc) is 2.53. The Balaban J connectivity index is 2.60. The molecule has 1 aliphatic rings. The quantitative estimate of drug-likeness (QED) is 0.892. The lowest BCUT2D eigenvalue weighted by atomic mass is 9.68. The first-order chi connectivity index (χ1) is 10.1. The number of benzene rings is 1. The summed E-state index contributed by atoms with van der Waals surface area (Å²) in [6.45, 7) is 5.09. The van der Waals surface area contributed by atoms with Crippen molar-refractivity contribution in [1.82, 2.24) is 0 Å². The lowest BCUT2D eigenvalue weighted by molar-refractivity contribution is 0.281. The van der Waals surface area contributed by atoms with Crippen molar-refractivity contribution >= 4 is 0 Å². The molecule has 0 amide bonds. The Labute approximate surface area is 128 Å². The molecule has 118 valence electrons. The van der Waals surface area contributed by atoms with E-state index >= 15 is 0 Å². The summed E-state index contributed by atoms with van der Waals surface area (Å²) in [4.78, 5) is 0. The van der Waals surface area contributed by atoms with Crippen molar-refractivity contribution in [3.05, 3.63) is 23.3 Å². The predicted molar refractivity (Wildman–Crippen MR) is 87.5 cm³/mol. The van der Waals surface area contributed by atoms with Gasteiger partial charge in [0.15, 0.2) is 11.5 Å². The third-order valence-corrected chi connectivity index (χ3v) is 4.94. The molecular formula is C18H29NO2. The zero-order valence-corrected chi connectivity index (χ0v) is 13.9. The molecule has 1 fully saturated rings. The van der Waals surface area contributed by atoms with Crippen LogP contribution in [0.2, 0.25) is 0 Å². The smallest absolute Gasteiger partial charge is 0.164 e. The van der Waals surface area contributed by atoms with Crippen LogP contribution in [0.15, 0.2) is 12.1 Å². The minimum atomic E-state index is 0.0434. The molecule has 0 atom stereocenters. The Morgan fingerprint density at radius 2 is 1.76 bits per heavy atom. The van der Waals surface area contributed by atoms with Gasteiger partial charge in [-0.15, -0.1) is 0 Å². The first-order valence-corrected chi connectivity index (χ1v) is 8.04. The highest BCUT2D eigenvalue weighted by atomic mass is 16.5. The van der Waals surface area contributed by atoms with Crippen LogP contribution in [-0.2, 0) is 5.41 Å². The molecule has 2 N–H and O–H groups in total. The predicted octanol–water partition coefficient (Wildman–Crippen LogP) is 3.99. The minimum Gasteiger partial charge on any atom is -0.493 e. The van der Waals surface area contributed by atoms with Crippen LogP contribution in [0.3, 0.4) is 0 Å². The number of ether oxygens (including phenoxy) is 2. The zero-order valence-electron chi connectivity index (χ0n) is 13.9. The SMILES string of the molecule is COc1cc(C(C)C)cc(C2(CN)CCCCC2)c1OC. The fraction of sp³-hybridized carbons (Fsp3) is 0.667. The highest BCUT2D eigenvalue weighted by Gasteiger charge is 2.36. The van der Waals surface area contributed by atoms with E-state index in [0.717, 1.165) is 24.3 Å². The maximum atomic E-state index is 6.22. The number of rotatable bonds is 5. The molecule has 0 unspecified atom stereocenters. The summed E-state index contributed by atoms with van der Waals surface area (Å²) in [5, 5.41) is 0. The molecular weight excluding hydrogens is 262 g/mol. The van der Waals surface area contributed by atoms with E-state index in [9.17, 15) is 0 Å². The van der Waals surface area contributed by atoms with Gasteiger partial charge in [0.2, 0.25) is 0 Å². The minimum absolute atomic E-state index is 0.0434. The summed E-state index contributed by atoms with van der Waals surface area (Å²) in [5.41, 5.74) is 8.80. The van der Waals surface area contributed by atoms with E-state index in [1.165, 1.54) is 30.4 Å². The van der Waals surface area contributed by atoms with E-state index in [1.807, 2.05) is 0 Å². The molecule has 0 aliphatic heterocycles. The van der Waals surface area contributed by atoms with Gasteiger partial charge in [-0.3, -0.25) is 0 Å². The van der Waals surface area contributed by atoms with E-state index in [4.69, 9.17) is 15.2 Å². The van der Waals surface area contributed by atoms with Crippen LogP contribution in [0.4, 0.5) is 0 Å². The van der Waals surface area contributed by atoms with E-state index in [1.54, 1.807) is 14.2 Å². The fourth-order valence-electron chi connectivity index (χ4n) is 3.52. The second-order valence-electron chi connectivity index (χ2n) is 6.50. The zero-order chi connectivity index (χ0) is 15.5. The first-order valence-electron chi connectivity index (χ1n) is 8.04. The Morgan fingerprint density at radius 3 is 2.24 bits per heavy atom. The van der Waals surface area contributed by atoms with Gasteiger partial charge in [-0.1, -0.05) is 39.2 Å². The van der Waals surface area contributed by atoms with Crippen LogP contribution in [0.25, 0.3) is 0 Å². The van der Waals surface area contributed by atoms with Gasteiger partial charge in [0.25, 0.3) is 0 Å². The summed E-state index contributed by atoms with van der Waals surface area (Å²) < 4.78 is 11.3. The lowest BCUT2D eigenvalue weighted by Gasteiger charge is -2.38. The topological polar surface area (TPSA) is 44.5 Å². The van der Waals surface area contributed by atoms with Gasteiger partial charge in [0, 0.05) is 17.5 Å². The Morgan fingerprint density at radius 1 is 1.10 bits per heavy atom. The van der Waals surface area contributed by atoms with Crippen molar-refractivity contribution in [2.75, 3.05) is 20.8 Å². The molecule has 0 heterocycles. The molecule has 0 spiro atoms. The van der Waals surface area contributed by atoms with E-state index in [2.05, 4.69) is 26.0 Å². The van der Waals surface area contributed by atoms with Crippen LogP contribution >= 0.6 is 0 Å². The summed E-state index contributed by atoms with van der Waals surface area (Å²) >= 11 is 0. The number of nitrogens with two attached hydrogens (primary N) is 1. The van der Waals surface area contributed by atoms with Gasteiger partial charge in [-0.25, -0.2) is 0 Å². The van der Waals surface area contributed by atoms with Crippen molar-refractivity contribution in [3.63, 3.8) is 0 Å². The molecule has 0 radical (unpaired) electrons. The van der Waals surface area contributed by atoms with Gasteiger partial charge in [0.05, 0.1) is 14.2 Å². The number of hydrogen-bond acceptors (Lipinski definition) is 3. The van der Waals surface area contributed by atoms with Crippen LogP contribution in [-0.4, -0.2) is 20.8 Å². The number of hydrogen-bond donors (Lipinski definition) is 1. The standard InChI is InChI=1S/C18H29NO2/c1-13(2)14-10-15(17(21-4)16(11-14)20-3)18(12-19)8-6-5-7-9-18/h10-11,13H,5-9,12,19H2,1-4H3. The Kier molecular flexibility index (Phi) is 5.15. The van der Waals surface area contributed by atoms with Crippen molar-refractivity contribution in [2.24, 2.45) is 5.73 Å². The molecule has 3 heteroatoms. The summed E-state index contributed by atoms with van der Waals surface area (Å²) in [6.07, 6.45) is 6.09. The largest absolute Gasteiger partial charge is 0.493 e. The molecule has 1 saturated carbocycles. The molecule has 1 aliphatic carbocycles. The molecule has 0 bridgehead atoms. The summed E-state index contributed by atoms with van der Waals surface area (Å²) in [5.74, 6) is 2.16. The summed E-state index contributed by atoms with van der Waals surface area (Å²) in [7, 11) is 3.44. The Bertz CT molecular complexity index is 476. The van der Waals surface area contributed by atoms with Crippen molar-refractivity contribution in [2.45, 2.75) is 57.3 Å². The first kappa shape index (κ1) is 16.2. The van der Waals surface area contributed by atoms with Gasteiger partial charge in [0.1, 0.15) is 0 Å². The highest BCUT2D eigenvalue weighted by Crippen LogP contribution is 2.47. The average molecular weight is 291 g/mol. The van der Waals surface area contributed by atoms with E-state index in [-0.39, 0.29) is 5.41 Å². The third kappa shape index (κ3) is 3.03. The lowest BCUT2D eigenvalue weighted by Crippen LogP contribution is -2.37. The van der Waals surface area contributed by atoms with Crippen LogP contribution in [0.5, 0.6) is 11.5 Å². The molecule has 1 aromatic rings. The fourth-order valence-corrected chi connectivity index (χ4v) is 3.52. The highest BCUT2D eigenvalue weighted by molar-refractivity contribution is 5.53. The van der Waals surface area contributed by atoms with Crippen molar-refractivity contribution in [3.8, 4) is 11.5 Å². The number of methoxy groups -OCH3 is 2. The molecule has 1 aromatic carbocycles. The monoisotopic (exact) mass is 291 g/mol. The third-order valence-electron chi connectivity index (χ3n) is 4.94. The second-order valence-corrected chi connectivity index (χ2v) is 6.50. The molecule has 21 heavy (non-hydrogen) atoms. The second kappa shape index (κ2) is 6.69. The maximum Gasteiger partial charge on any atom is 0.164 e. The van der Waals surface area contributed by atoms with Crippen LogP contribution in [0, 0.1) is 0 Å². The summed E-state index contributed by atoms with van der Waals surface area (Å²) in [6, 6.07) is 4.39. The maximum absolute atomic E-state index is 6.22. The van der Waals surface area contributed by atoms with E-state index < -0.39 is 0 Å². The van der Waals surface area contributed by atoms with Crippen molar-refractivity contribution in [1.29, 1.82) is 0 Å². The molecule has 3 nitrogen and oxygen atoms in total. The Hall–Kier alpha value is -1.22. The van der Waals surface area contributed by atoms with E-state index in [0.29, 0.717) is 12.5 Å². The van der Waals surface area contributed by atoms with Gasteiger partial charge < -0.3 is 15.2 Å². The molecule has 0 aromatic heterocycles. The van der Waals surface area contributed by atoms with Crippen molar-refractivity contribution < 1.29 is 9.47 Å². The molecule has 0 saturated heterocycles.